The molecule has 5 heteroatoms. The first-order valence-corrected chi connectivity index (χ1v) is 5.62. The average molecular weight is 261 g/mol. The topological polar surface area (TPSA) is 59.4 Å². The molecule has 19 heavy (non-hydrogen) atoms. The molecule has 0 atom stereocenters. The molecular formula is C14H12FNO3. The fraction of sp³-hybridized carbons (Fsp3) is 0.143. The molecule has 2 rings (SSSR count). The van der Waals surface area contributed by atoms with E-state index >= 15 is 0 Å². The second kappa shape index (κ2) is 5.48. The van der Waals surface area contributed by atoms with Crippen LogP contribution in [0, 0.1) is 12.7 Å². The smallest absolute Gasteiger partial charge is 0.335 e. The summed E-state index contributed by atoms with van der Waals surface area (Å²) in [6, 6.07) is 6.03. The average Bonchev–Trinajstić information content (AvgIpc) is 2.36. The number of carboxylic acids is 1. The Hall–Kier alpha value is -2.43. The van der Waals surface area contributed by atoms with Crippen molar-refractivity contribution in [3.05, 3.63) is 59.2 Å². The zero-order valence-corrected chi connectivity index (χ0v) is 10.3. The lowest BCUT2D eigenvalue weighted by Gasteiger charge is -2.08. The summed E-state index contributed by atoms with van der Waals surface area (Å²) in [5.41, 5.74) is 1.46. The van der Waals surface area contributed by atoms with Crippen molar-refractivity contribution < 1.29 is 19.0 Å². The fourth-order valence-electron chi connectivity index (χ4n) is 1.67. The molecule has 0 saturated carbocycles. The van der Waals surface area contributed by atoms with Crippen LogP contribution < -0.4 is 4.74 Å². The summed E-state index contributed by atoms with van der Waals surface area (Å²) >= 11 is 0. The molecule has 2 aromatic rings. The minimum absolute atomic E-state index is 0.177. The van der Waals surface area contributed by atoms with E-state index in [-0.39, 0.29) is 12.2 Å². The highest BCUT2D eigenvalue weighted by Gasteiger charge is 2.07. The summed E-state index contributed by atoms with van der Waals surface area (Å²) in [5, 5.41) is 8.90. The van der Waals surface area contributed by atoms with Crippen molar-refractivity contribution in [1.29, 1.82) is 0 Å². The Morgan fingerprint density at radius 1 is 1.37 bits per heavy atom. The number of halogens is 1. The number of ether oxygens (including phenoxy) is 1. The van der Waals surface area contributed by atoms with E-state index in [2.05, 4.69) is 4.98 Å². The highest BCUT2D eigenvalue weighted by molar-refractivity contribution is 5.89. The third kappa shape index (κ3) is 3.28. The first kappa shape index (κ1) is 13.0. The van der Waals surface area contributed by atoms with Crippen LogP contribution in [0.15, 0.2) is 36.7 Å². The van der Waals surface area contributed by atoms with Gasteiger partial charge in [0.2, 0.25) is 0 Å². The van der Waals surface area contributed by atoms with Crippen molar-refractivity contribution in [3.63, 3.8) is 0 Å². The predicted molar refractivity (Wildman–Crippen MR) is 66.7 cm³/mol. The number of rotatable bonds is 4. The highest BCUT2D eigenvalue weighted by atomic mass is 19.1. The van der Waals surface area contributed by atoms with Crippen LogP contribution in [0.1, 0.15) is 21.5 Å². The second-order valence-corrected chi connectivity index (χ2v) is 4.08. The first-order valence-electron chi connectivity index (χ1n) is 5.62. The van der Waals surface area contributed by atoms with Crippen LogP contribution >= 0.6 is 0 Å². The highest BCUT2D eigenvalue weighted by Crippen LogP contribution is 2.18. The van der Waals surface area contributed by atoms with Crippen LogP contribution in [-0.2, 0) is 6.61 Å². The number of aryl methyl sites for hydroxylation is 1. The largest absolute Gasteiger partial charge is 0.489 e. The maximum atomic E-state index is 12.9. The minimum atomic E-state index is -0.974. The van der Waals surface area contributed by atoms with E-state index in [0.29, 0.717) is 16.9 Å². The lowest BCUT2D eigenvalue weighted by Crippen LogP contribution is -2.01. The SMILES string of the molecule is Cc1cc(OCc2cncc(F)c2)ccc1C(=O)O. The Bertz CT molecular complexity index is 613. The standard InChI is InChI=1S/C14H12FNO3/c1-9-4-12(2-3-13(9)14(17)18)19-8-10-5-11(15)7-16-6-10/h2-7H,8H2,1H3,(H,17,18). The monoisotopic (exact) mass is 261 g/mol. The Labute approximate surface area is 109 Å². The number of aromatic carboxylic acids is 1. The molecular weight excluding hydrogens is 249 g/mol. The van der Waals surface area contributed by atoms with Gasteiger partial charge in [0.05, 0.1) is 11.8 Å². The quantitative estimate of drug-likeness (QED) is 0.919. The van der Waals surface area contributed by atoms with E-state index in [9.17, 15) is 9.18 Å². The van der Waals surface area contributed by atoms with E-state index in [1.807, 2.05) is 0 Å². The number of hydrogen-bond donors (Lipinski definition) is 1. The number of hydrogen-bond acceptors (Lipinski definition) is 3. The lowest BCUT2D eigenvalue weighted by molar-refractivity contribution is 0.0696. The number of pyridine rings is 1. The molecule has 0 aliphatic rings. The molecule has 1 aromatic heterocycles. The Morgan fingerprint density at radius 3 is 2.79 bits per heavy atom. The van der Waals surface area contributed by atoms with Crippen LogP contribution in [0.5, 0.6) is 5.75 Å². The molecule has 0 aliphatic carbocycles. The molecule has 0 fully saturated rings. The van der Waals surface area contributed by atoms with Gasteiger partial charge >= 0.3 is 5.97 Å². The van der Waals surface area contributed by atoms with Crippen molar-refractivity contribution >= 4 is 5.97 Å². The van der Waals surface area contributed by atoms with Gasteiger partial charge in [0, 0.05) is 11.8 Å². The molecule has 4 nitrogen and oxygen atoms in total. The molecule has 98 valence electrons. The third-order valence-corrected chi connectivity index (χ3v) is 2.60. The Kier molecular flexibility index (Phi) is 3.75. The first-order chi connectivity index (χ1) is 9.06. The van der Waals surface area contributed by atoms with E-state index in [1.165, 1.54) is 18.3 Å². The van der Waals surface area contributed by atoms with Crippen LogP contribution in [0.2, 0.25) is 0 Å². The number of carbonyl (C=O) groups is 1. The minimum Gasteiger partial charge on any atom is -0.489 e. The van der Waals surface area contributed by atoms with Gasteiger partial charge in [-0.2, -0.15) is 0 Å². The van der Waals surface area contributed by atoms with Gasteiger partial charge in [-0.1, -0.05) is 0 Å². The molecule has 0 radical (unpaired) electrons. The van der Waals surface area contributed by atoms with Gasteiger partial charge < -0.3 is 9.84 Å². The summed E-state index contributed by atoms with van der Waals surface area (Å²) in [7, 11) is 0. The summed E-state index contributed by atoms with van der Waals surface area (Å²) < 4.78 is 18.4. The van der Waals surface area contributed by atoms with Crippen molar-refractivity contribution in [2.75, 3.05) is 0 Å². The summed E-state index contributed by atoms with van der Waals surface area (Å²) in [5.74, 6) is -0.858. The van der Waals surface area contributed by atoms with Crippen molar-refractivity contribution in [3.8, 4) is 5.75 Å². The summed E-state index contributed by atoms with van der Waals surface area (Å²) in [4.78, 5) is 14.6. The summed E-state index contributed by atoms with van der Waals surface area (Å²) in [6.07, 6.45) is 2.64. The van der Waals surface area contributed by atoms with Crippen molar-refractivity contribution in [2.24, 2.45) is 0 Å². The van der Waals surface area contributed by atoms with E-state index in [0.717, 1.165) is 6.20 Å². The van der Waals surface area contributed by atoms with Crippen LogP contribution in [0.25, 0.3) is 0 Å². The fourth-order valence-corrected chi connectivity index (χ4v) is 1.67. The number of aromatic nitrogens is 1. The van der Waals surface area contributed by atoms with Gasteiger partial charge in [-0.3, -0.25) is 4.98 Å². The molecule has 0 saturated heterocycles. The van der Waals surface area contributed by atoms with Gasteiger partial charge in [-0.25, -0.2) is 9.18 Å². The van der Waals surface area contributed by atoms with E-state index in [1.54, 1.807) is 19.1 Å². The molecule has 0 unspecified atom stereocenters. The molecule has 0 amide bonds. The Balaban J connectivity index is 2.08. The van der Waals surface area contributed by atoms with Gasteiger partial charge in [-0.05, 0) is 36.8 Å². The third-order valence-electron chi connectivity index (χ3n) is 2.60. The number of carboxylic acid groups (broad SMARTS) is 1. The zero-order chi connectivity index (χ0) is 13.8. The Morgan fingerprint density at radius 2 is 2.16 bits per heavy atom. The maximum absolute atomic E-state index is 12.9. The normalized spacial score (nSPS) is 10.2. The van der Waals surface area contributed by atoms with E-state index in [4.69, 9.17) is 9.84 Å². The van der Waals surface area contributed by atoms with Crippen molar-refractivity contribution in [2.45, 2.75) is 13.5 Å². The lowest BCUT2D eigenvalue weighted by atomic mass is 10.1. The summed E-state index contributed by atoms with van der Waals surface area (Å²) in [6.45, 7) is 1.87. The number of benzene rings is 1. The molecule has 0 bridgehead atoms. The van der Waals surface area contributed by atoms with E-state index < -0.39 is 11.8 Å². The predicted octanol–water partition coefficient (Wildman–Crippen LogP) is 2.81. The molecule has 1 N–H and O–H groups in total. The molecule has 0 aliphatic heterocycles. The molecule has 0 spiro atoms. The van der Waals surface area contributed by atoms with Crippen LogP contribution in [-0.4, -0.2) is 16.1 Å². The van der Waals surface area contributed by atoms with Crippen LogP contribution in [0.3, 0.4) is 0 Å². The van der Waals surface area contributed by atoms with Gasteiger partial charge in [0.1, 0.15) is 18.2 Å². The van der Waals surface area contributed by atoms with Gasteiger partial charge in [0.25, 0.3) is 0 Å². The van der Waals surface area contributed by atoms with Gasteiger partial charge in [0.15, 0.2) is 0 Å². The number of nitrogens with zero attached hydrogens (tertiary/aromatic N) is 1. The zero-order valence-electron chi connectivity index (χ0n) is 10.3. The second-order valence-electron chi connectivity index (χ2n) is 4.08. The van der Waals surface area contributed by atoms with Gasteiger partial charge in [-0.15, -0.1) is 0 Å². The van der Waals surface area contributed by atoms with Crippen LogP contribution in [0.4, 0.5) is 4.39 Å². The molecule has 1 aromatic carbocycles. The maximum Gasteiger partial charge on any atom is 0.335 e. The molecule has 1 heterocycles. The van der Waals surface area contributed by atoms with Crippen molar-refractivity contribution in [1.82, 2.24) is 4.98 Å².